The standard InChI is InChI=1S/C17H22O4/c1-17(2,3)21-16(20)14(15(19)10-7-11-18)12-13-8-5-4-6-9-13/h4-6,8-9,12,18H,7,10-11H2,1-3H3/b14-12+. The maximum absolute atomic E-state index is 12.2. The number of aliphatic hydroxyl groups excluding tert-OH is 1. The first-order valence-corrected chi connectivity index (χ1v) is 6.97. The fourth-order valence-corrected chi connectivity index (χ4v) is 1.68. The van der Waals surface area contributed by atoms with Gasteiger partial charge < -0.3 is 9.84 Å². The molecule has 0 aliphatic rings. The molecule has 1 N–H and O–H groups in total. The number of esters is 1. The van der Waals surface area contributed by atoms with Gasteiger partial charge in [0.15, 0.2) is 5.78 Å². The molecule has 114 valence electrons. The second-order valence-corrected chi connectivity index (χ2v) is 5.72. The largest absolute Gasteiger partial charge is 0.456 e. The highest BCUT2D eigenvalue weighted by Crippen LogP contribution is 2.16. The maximum atomic E-state index is 12.2. The molecule has 0 aromatic heterocycles. The molecule has 0 radical (unpaired) electrons. The summed E-state index contributed by atoms with van der Waals surface area (Å²) in [6.07, 6.45) is 1.98. The molecule has 0 fully saturated rings. The third-order valence-corrected chi connectivity index (χ3v) is 2.59. The molecule has 0 heterocycles. The Morgan fingerprint density at radius 3 is 2.33 bits per heavy atom. The summed E-state index contributed by atoms with van der Waals surface area (Å²) in [4.78, 5) is 24.3. The average Bonchev–Trinajstić information content (AvgIpc) is 2.41. The fraction of sp³-hybridized carbons (Fsp3) is 0.412. The molecular weight excluding hydrogens is 268 g/mol. The highest BCUT2D eigenvalue weighted by molar-refractivity contribution is 6.20. The van der Waals surface area contributed by atoms with E-state index in [1.165, 1.54) is 6.08 Å². The Morgan fingerprint density at radius 2 is 1.81 bits per heavy atom. The Morgan fingerprint density at radius 1 is 1.19 bits per heavy atom. The summed E-state index contributed by atoms with van der Waals surface area (Å²) in [7, 11) is 0. The van der Waals surface area contributed by atoms with Gasteiger partial charge >= 0.3 is 5.97 Å². The van der Waals surface area contributed by atoms with E-state index in [0.717, 1.165) is 5.56 Å². The van der Waals surface area contributed by atoms with E-state index >= 15 is 0 Å². The van der Waals surface area contributed by atoms with E-state index in [1.54, 1.807) is 20.8 Å². The molecule has 0 atom stereocenters. The summed E-state index contributed by atoms with van der Waals surface area (Å²) in [5.41, 5.74) is 0.115. The Balaban J connectivity index is 3.02. The van der Waals surface area contributed by atoms with Crippen molar-refractivity contribution in [2.75, 3.05) is 6.61 Å². The van der Waals surface area contributed by atoms with Crippen LogP contribution in [-0.4, -0.2) is 29.1 Å². The topological polar surface area (TPSA) is 63.6 Å². The molecule has 1 rings (SSSR count). The molecule has 0 aliphatic heterocycles. The molecule has 0 aliphatic carbocycles. The maximum Gasteiger partial charge on any atom is 0.342 e. The lowest BCUT2D eigenvalue weighted by atomic mass is 10.0. The molecule has 4 heteroatoms. The summed E-state index contributed by atoms with van der Waals surface area (Å²) < 4.78 is 5.28. The van der Waals surface area contributed by atoms with Crippen molar-refractivity contribution in [2.24, 2.45) is 0 Å². The molecule has 0 spiro atoms. The SMILES string of the molecule is CC(C)(C)OC(=O)/C(=C/c1ccccc1)C(=O)CCCO. The van der Waals surface area contributed by atoms with Gasteiger partial charge in [-0.2, -0.15) is 0 Å². The van der Waals surface area contributed by atoms with Crippen molar-refractivity contribution in [3.63, 3.8) is 0 Å². The van der Waals surface area contributed by atoms with Gasteiger partial charge in [0.25, 0.3) is 0 Å². The minimum Gasteiger partial charge on any atom is -0.456 e. The number of Topliss-reactive ketones (excluding diaryl/α,β-unsaturated/α-hetero) is 1. The molecule has 4 nitrogen and oxygen atoms in total. The van der Waals surface area contributed by atoms with Crippen molar-refractivity contribution in [1.29, 1.82) is 0 Å². The lowest BCUT2D eigenvalue weighted by Gasteiger charge is -2.20. The molecule has 1 aromatic carbocycles. The fourth-order valence-electron chi connectivity index (χ4n) is 1.68. The van der Waals surface area contributed by atoms with Gasteiger partial charge in [0.05, 0.1) is 0 Å². The monoisotopic (exact) mass is 290 g/mol. The van der Waals surface area contributed by atoms with Crippen LogP contribution >= 0.6 is 0 Å². The predicted molar refractivity (Wildman–Crippen MR) is 81.6 cm³/mol. The molecule has 0 bridgehead atoms. The van der Waals surface area contributed by atoms with Crippen LogP contribution in [0.1, 0.15) is 39.2 Å². The second-order valence-electron chi connectivity index (χ2n) is 5.72. The molecule has 0 amide bonds. The third kappa shape index (κ3) is 6.36. The molecule has 0 saturated carbocycles. The van der Waals surface area contributed by atoms with Crippen LogP contribution in [0, 0.1) is 0 Å². The lowest BCUT2D eigenvalue weighted by Crippen LogP contribution is -2.27. The minimum absolute atomic E-state index is 0.0181. The van der Waals surface area contributed by atoms with Gasteiger partial charge in [0.1, 0.15) is 11.2 Å². The molecule has 21 heavy (non-hydrogen) atoms. The Hall–Kier alpha value is -1.94. The quantitative estimate of drug-likeness (QED) is 0.379. The lowest BCUT2D eigenvalue weighted by molar-refractivity contribution is -0.150. The summed E-state index contributed by atoms with van der Waals surface area (Å²) in [5, 5.41) is 8.82. The normalized spacial score (nSPS) is 12.1. The van der Waals surface area contributed by atoms with E-state index in [-0.39, 0.29) is 24.4 Å². The molecule has 0 saturated heterocycles. The Kier molecular flexibility index (Phi) is 6.31. The van der Waals surface area contributed by atoms with Crippen LogP contribution in [0.2, 0.25) is 0 Å². The smallest absolute Gasteiger partial charge is 0.342 e. The first-order chi connectivity index (χ1) is 9.83. The van der Waals surface area contributed by atoms with E-state index in [4.69, 9.17) is 9.84 Å². The van der Waals surface area contributed by atoms with Gasteiger partial charge in [-0.05, 0) is 38.8 Å². The van der Waals surface area contributed by atoms with Gasteiger partial charge in [-0.15, -0.1) is 0 Å². The Labute approximate surface area is 125 Å². The zero-order valence-electron chi connectivity index (χ0n) is 12.8. The summed E-state index contributed by atoms with van der Waals surface area (Å²) >= 11 is 0. The van der Waals surface area contributed by atoms with Crippen molar-refractivity contribution < 1.29 is 19.4 Å². The number of carbonyl (C=O) groups is 2. The summed E-state index contributed by atoms with van der Waals surface area (Å²) in [5.74, 6) is -0.948. The van der Waals surface area contributed by atoms with E-state index in [9.17, 15) is 9.59 Å². The van der Waals surface area contributed by atoms with Gasteiger partial charge in [-0.3, -0.25) is 4.79 Å². The van der Waals surface area contributed by atoms with Gasteiger partial charge in [0.2, 0.25) is 0 Å². The van der Waals surface area contributed by atoms with Crippen molar-refractivity contribution >= 4 is 17.8 Å². The van der Waals surface area contributed by atoms with Crippen LogP contribution in [0.15, 0.2) is 35.9 Å². The van der Waals surface area contributed by atoms with Gasteiger partial charge in [0, 0.05) is 13.0 Å². The number of hydrogen-bond acceptors (Lipinski definition) is 4. The van der Waals surface area contributed by atoms with Crippen LogP contribution in [0.3, 0.4) is 0 Å². The van der Waals surface area contributed by atoms with E-state index < -0.39 is 11.6 Å². The van der Waals surface area contributed by atoms with Crippen LogP contribution < -0.4 is 0 Å². The van der Waals surface area contributed by atoms with Crippen molar-refractivity contribution in [3.8, 4) is 0 Å². The van der Waals surface area contributed by atoms with E-state index in [2.05, 4.69) is 0 Å². The zero-order chi connectivity index (χ0) is 15.9. The first kappa shape index (κ1) is 17.1. The minimum atomic E-state index is -0.663. The summed E-state index contributed by atoms with van der Waals surface area (Å²) in [6, 6.07) is 9.14. The number of rotatable bonds is 6. The van der Waals surface area contributed by atoms with E-state index in [0.29, 0.717) is 6.42 Å². The van der Waals surface area contributed by atoms with Crippen LogP contribution in [0.4, 0.5) is 0 Å². The number of ether oxygens (including phenoxy) is 1. The number of ketones is 1. The third-order valence-electron chi connectivity index (χ3n) is 2.59. The van der Waals surface area contributed by atoms with Crippen LogP contribution in [0.25, 0.3) is 6.08 Å². The highest BCUT2D eigenvalue weighted by atomic mass is 16.6. The van der Waals surface area contributed by atoms with Crippen molar-refractivity contribution in [1.82, 2.24) is 0 Å². The molecular formula is C17H22O4. The van der Waals surface area contributed by atoms with E-state index in [1.807, 2.05) is 30.3 Å². The number of aliphatic hydroxyl groups is 1. The van der Waals surface area contributed by atoms with Crippen LogP contribution in [0.5, 0.6) is 0 Å². The number of carbonyl (C=O) groups excluding carboxylic acids is 2. The number of hydrogen-bond donors (Lipinski definition) is 1. The van der Waals surface area contributed by atoms with Crippen molar-refractivity contribution in [3.05, 3.63) is 41.5 Å². The Bertz CT molecular complexity index is 509. The summed E-state index contributed by atoms with van der Waals surface area (Å²) in [6.45, 7) is 5.17. The predicted octanol–water partition coefficient (Wildman–Crippen LogP) is 2.75. The second kappa shape index (κ2) is 7.74. The van der Waals surface area contributed by atoms with Gasteiger partial charge in [-0.1, -0.05) is 30.3 Å². The van der Waals surface area contributed by atoms with Crippen molar-refractivity contribution in [2.45, 2.75) is 39.2 Å². The molecule has 1 aromatic rings. The molecule has 0 unspecified atom stereocenters. The van der Waals surface area contributed by atoms with Crippen LogP contribution in [-0.2, 0) is 14.3 Å². The van der Waals surface area contributed by atoms with Gasteiger partial charge in [-0.25, -0.2) is 4.79 Å². The number of benzene rings is 1. The average molecular weight is 290 g/mol. The highest BCUT2D eigenvalue weighted by Gasteiger charge is 2.24. The zero-order valence-corrected chi connectivity index (χ0v) is 12.8. The first-order valence-electron chi connectivity index (χ1n) is 6.97.